The van der Waals surface area contributed by atoms with Crippen molar-refractivity contribution in [1.29, 1.82) is 0 Å². The van der Waals surface area contributed by atoms with Gasteiger partial charge in [-0.15, -0.1) is 16.7 Å². The average molecular weight is 284 g/mol. The van der Waals surface area contributed by atoms with Crippen LogP contribution in [0.3, 0.4) is 0 Å². The van der Waals surface area contributed by atoms with E-state index in [-0.39, 0.29) is 11.2 Å². The maximum Gasteiger partial charge on any atom is 0.131 e. The number of hydrogen-bond donors (Lipinski definition) is 0. The smallest absolute Gasteiger partial charge is 0.131 e. The molecule has 0 aliphatic rings. The minimum Gasteiger partial charge on any atom is -0.497 e. The highest BCUT2D eigenvalue weighted by Crippen LogP contribution is 2.21. The molecule has 0 saturated carbocycles. The number of hydrogen-bond acceptors (Lipinski definition) is 3. The molecule has 1 aromatic heterocycles. The highest BCUT2D eigenvalue weighted by molar-refractivity contribution is 6.20. The first-order valence-electron chi connectivity index (χ1n) is 6.00. The summed E-state index contributed by atoms with van der Waals surface area (Å²) in [4.78, 5) is 0. The molecule has 0 saturated heterocycles. The molecule has 4 nitrogen and oxygen atoms in total. The van der Waals surface area contributed by atoms with E-state index in [2.05, 4.69) is 10.3 Å². The van der Waals surface area contributed by atoms with Gasteiger partial charge in [-0.25, -0.2) is 9.07 Å². The first-order valence-corrected chi connectivity index (χ1v) is 6.44. The van der Waals surface area contributed by atoms with Crippen molar-refractivity contribution < 1.29 is 9.13 Å². The third-order valence-electron chi connectivity index (χ3n) is 2.83. The monoisotopic (exact) mass is 283 g/mol. The SMILES string of the molecule is CCC(Cl)c1cn(Cc2ccc(OC)cc2F)nn1. The standard InChI is InChI=1S/C13H15ClFN3O/c1-3-11(14)13-8-18(17-16-13)7-9-4-5-10(19-2)6-12(9)15/h4-6,8,11H,3,7H2,1-2H3. The van der Waals surface area contributed by atoms with Crippen molar-refractivity contribution in [2.24, 2.45) is 0 Å². The lowest BCUT2D eigenvalue weighted by Gasteiger charge is -2.05. The van der Waals surface area contributed by atoms with Crippen molar-refractivity contribution >= 4 is 11.6 Å². The van der Waals surface area contributed by atoms with Gasteiger partial charge in [-0.3, -0.25) is 0 Å². The topological polar surface area (TPSA) is 39.9 Å². The van der Waals surface area contributed by atoms with E-state index < -0.39 is 0 Å². The van der Waals surface area contributed by atoms with Crippen molar-refractivity contribution in [3.05, 3.63) is 41.5 Å². The molecule has 102 valence electrons. The summed E-state index contributed by atoms with van der Waals surface area (Å²) in [6.45, 7) is 2.29. The Morgan fingerprint density at radius 3 is 2.89 bits per heavy atom. The zero-order chi connectivity index (χ0) is 13.8. The van der Waals surface area contributed by atoms with Crippen LogP contribution in [0.4, 0.5) is 4.39 Å². The molecule has 0 N–H and O–H groups in total. The molecule has 0 amide bonds. The van der Waals surface area contributed by atoms with Crippen molar-refractivity contribution in [1.82, 2.24) is 15.0 Å². The van der Waals surface area contributed by atoms with Crippen molar-refractivity contribution in [3.8, 4) is 5.75 Å². The minimum absolute atomic E-state index is 0.158. The second-order valence-corrected chi connectivity index (χ2v) is 4.70. The van der Waals surface area contributed by atoms with Gasteiger partial charge in [0.2, 0.25) is 0 Å². The number of methoxy groups -OCH3 is 1. The summed E-state index contributed by atoms with van der Waals surface area (Å²) in [6, 6.07) is 4.74. The van der Waals surface area contributed by atoms with E-state index in [1.807, 2.05) is 6.92 Å². The maximum atomic E-state index is 13.8. The molecule has 0 aliphatic carbocycles. The summed E-state index contributed by atoms with van der Waals surface area (Å²) < 4.78 is 20.3. The van der Waals surface area contributed by atoms with Gasteiger partial charge in [0, 0.05) is 11.6 Å². The third kappa shape index (κ3) is 3.23. The van der Waals surface area contributed by atoms with Crippen molar-refractivity contribution in [3.63, 3.8) is 0 Å². The zero-order valence-corrected chi connectivity index (χ0v) is 11.6. The number of halogens is 2. The molecule has 2 aromatic rings. The number of aromatic nitrogens is 3. The predicted molar refractivity (Wildman–Crippen MR) is 71.0 cm³/mol. The Morgan fingerprint density at radius 2 is 2.26 bits per heavy atom. The molecule has 1 heterocycles. The Kier molecular flexibility index (Phi) is 4.37. The Bertz CT molecular complexity index is 559. The van der Waals surface area contributed by atoms with Crippen molar-refractivity contribution in [2.45, 2.75) is 25.3 Å². The summed E-state index contributed by atoms with van der Waals surface area (Å²) in [5.41, 5.74) is 1.23. The van der Waals surface area contributed by atoms with Crippen LogP contribution in [-0.4, -0.2) is 22.1 Å². The molecule has 0 aliphatic heterocycles. The lowest BCUT2D eigenvalue weighted by atomic mass is 10.2. The van der Waals surface area contributed by atoms with E-state index in [0.29, 0.717) is 23.6 Å². The van der Waals surface area contributed by atoms with Gasteiger partial charge in [0.1, 0.15) is 17.3 Å². The summed E-state index contributed by atoms with van der Waals surface area (Å²) in [5, 5.41) is 7.77. The second kappa shape index (κ2) is 6.02. The quantitative estimate of drug-likeness (QED) is 0.791. The molecular formula is C13H15ClFN3O. The summed E-state index contributed by atoms with van der Waals surface area (Å²) in [7, 11) is 1.50. The fourth-order valence-electron chi connectivity index (χ4n) is 1.70. The van der Waals surface area contributed by atoms with Gasteiger partial charge in [0.05, 0.1) is 25.2 Å². The Balaban J connectivity index is 2.15. The van der Waals surface area contributed by atoms with Crippen LogP contribution in [0.15, 0.2) is 24.4 Å². The van der Waals surface area contributed by atoms with E-state index >= 15 is 0 Å². The summed E-state index contributed by atoms with van der Waals surface area (Å²) in [5.74, 6) is 0.168. The van der Waals surface area contributed by atoms with E-state index in [4.69, 9.17) is 16.3 Å². The number of alkyl halides is 1. The first kappa shape index (κ1) is 13.8. The van der Waals surface area contributed by atoms with Gasteiger partial charge >= 0.3 is 0 Å². The van der Waals surface area contributed by atoms with Crippen molar-refractivity contribution in [2.75, 3.05) is 7.11 Å². The number of ether oxygens (including phenoxy) is 1. The molecular weight excluding hydrogens is 269 g/mol. The lowest BCUT2D eigenvalue weighted by Crippen LogP contribution is -2.03. The van der Waals surface area contributed by atoms with E-state index in [0.717, 1.165) is 6.42 Å². The van der Waals surface area contributed by atoms with Crippen LogP contribution in [0.5, 0.6) is 5.75 Å². The maximum absolute atomic E-state index is 13.8. The molecule has 19 heavy (non-hydrogen) atoms. The first-order chi connectivity index (χ1) is 9.13. The fourth-order valence-corrected chi connectivity index (χ4v) is 1.80. The van der Waals surface area contributed by atoms with Crippen LogP contribution in [0.1, 0.15) is 30.0 Å². The number of rotatable bonds is 5. The molecule has 0 spiro atoms. The zero-order valence-electron chi connectivity index (χ0n) is 10.8. The Morgan fingerprint density at radius 1 is 1.47 bits per heavy atom. The Hall–Kier alpha value is -1.62. The largest absolute Gasteiger partial charge is 0.497 e. The second-order valence-electron chi connectivity index (χ2n) is 4.17. The number of benzene rings is 1. The van der Waals surface area contributed by atoms with Gasteiger partial charge in [-0.1, -0.05) is 18.2 Å². The molecule has 0 bridgehead atoms. The van der Waals surface area contributed by atoms with E-state index in [1.165, 1.54) is 13.2 Å². The van der Waals surface area contributed by atoms with Crippen LogP contribution < -0.4 is 4.74 Å². The molecule has 1 aromatic carbocycles. The van der Waals surface area contributed by atoms with Gasteiger partial charge in [0.25, 0.3) is 0 Å². The van der Waals surface area contributed by atoms with Crippen LogP contribution in [0, 0.1) is 5.82 Å². The summed E-state index contributed by atoms with van der Waals surface area (Å²) in [6.07, 6.45) is 2.52. The highest BCUT2D eigenvalue weighted by Gasteiger charge is 2.11. The van der Waals surface area contributed by atoms with E-state index in [1.54, 1.807) is 23.0 Å². The molecule has 1 unspecified atom stereocenters. The van der Waals surface area contributed by atoms with Crippen LogP contribution in [0.25, 0.3) is 0 Å². The lowest BCUT2D eigenvalue weighted by molar-refractivity contribution is 0.410. The predicted octanol–water partition coefficient (Wildman–Crippen LogP) is 3.16. The molecule has 0 fully saturated rings. The Labute approximate surface area is 116 Å². The molecule has 6 heteroatoms. The molecule has 2 rings (SSSR count). The van der Waals surface area contributed by atoms with Gasteiger partial charge in [0.15, 0.2) is 0 Å². The van der Waals surface area contributed by atoms with Gasteiger partial charge in [-0.2, -0.15) is 0 Å². The van der Waals surface area contributed by atoms with Crippen LogP contribution in [-0.2, 0) is 6.54 Å². The van der Waals surface area contributed by atoms with Crippen LogP contribution in [0.2, 0.25) is 0 Å². The van der Waals surface area contributed by atoms with Gasteiger partial charge < -0.3 is 4.74 Å². The van der Waals surface area contributed by atoms with Crippen LogP contribution >= 0.6 is 11.6 Å². The normalized spacial score (nSPS) is 12.4. The fraction of sp³-hybridized carbons (Fsp3) is 0.385. The third-order valence-corrected chi connectivity index (χ3v) is 3.36. The number of nitrogens with zero attached hydrogens (tertiary/aromatic N) is 3. The molecule has 0 radical (unpaired) electrons. The minimum atomic E-state index is -0.325. The highest BCUT2D eigenvalue weighted by atomic mass is 35.5. The average Bonchev–Trinajstić information content (AvgIpc) is 2.88. The van der Waals surface area contributed by atoms with Gasteiger partial charge in [-0.05, 0) is 12.5 Å². The molecule has 1 atom stereocenters. The van der Waals surface area contributed by atoms with E-state index in [9.17, 15) is 4.39 Å². The summed E-state index contributed by atoms with van der Waals surface area (Å²) >= 11 is 6.07.